The van der Waals surface area contributed by atoms with Gasteiger partial charge in [-0.3, -0.25) is 14.5 Å². The molecule has 0 saturated carbocycles. The van der Waals surface area contributed by atoms with E-state index in [0.717, 1.165) is 11.1 Å². The highest BCUT2D eigenvalue weighted by atomic mass is 35.5. The molecule has 2 heterocycles. The molecule has 1 spiro atoms. The molecule has 1 atom stereocenters. The van der Waals surface area contributed by atoms with Crippen LogP contribution in [-0.4, -0.2) is 53.4 Å². The molecular weight excluding hydrogens is 418 g/mol. The first-order chi connectivity index (χ1) is 14.9. The van der Waals surface area contributed by atoms with Crippen molar-refractivity contribution in [1.82, 2.24) is 15.1 Å². The van der Waals surface area contributed by atoms with E-state index < -0.39 is 11.6 Å². The molecule has 0 aliphatic carbocycles. The van der Waals surface area contributed by atoms with Gasteiger partial charge >= 0.3 is 6.03 Å². The van der Waals surface area contributed by atoms with Crippen LogP contribution in [0.25, 0.3) is 0 Å². The number of hydrogen-bond acceptors (Lipinski definition) is 4. The van der Waals surface area contributed by atoms with E-state index >= 15 is 0 Å². The van der Waals surface area contributed by atoms with Crippen LogP contribution in [0.15, 0.2) is 48.5 Å². The largest absolute Gasteiger partial charge is 0.497 e. The van der Waals surface area contributed by atoms with Gasteiger partial charge in [-0.15, -0.1) is 0 Å². The zero-order valence-corrected chi connectivity index (χ0v) is 18.0. The molecule has 0 radical (unpaired) electrons. The van der Waals surface area contributed by atoms with Crippen LogP contribution in [-0.2, 0) is 22.6 Å². The third-order valence-corrected chi connectivity index (χ3v) is 6.09. The van der Waals surface area contributed by atoms with Crippen LogP contribution >= 0.6 is 11.6 Å². The Morgan fingerprint density at radius 1 is 1.16 bits per heavy atom. The summed E-state index contributed by atoms with van der Waals surface area (Å²) in [4.78, 5) is 41.7. The van der Waals surface area contributed by atoms with E-state index in [-0.39, 0.29) is 31.3 Å². The summed E-state index contributed by atoms with van der Waals surface area (Å²) < 4.78 is 5.22. The molecule has 0 bridgehead atoms. The lowest BCUT2D eigenvalue weighted by Crippen LogP contribution is -2.59. The molecule has 4 rings (SSSR count). The van der Waals surface area contributed by atoms with Crippen LogP contribution in [0.4, 0.5) is 4.79 Å². The second kappa shape index (κ2) is 8.59. The van der Waals surface area contributed by atoms with Crippen molar-refractivity contribution in [2.45, 2.75) is 31.3 Å². The average molecular weight is 442 g/mol. The van der Waals surface area contributed by atoms with Crippen molar-refractivity contribution >= 4 is 29.4 Å². The van der Waals surface area contributed by atoms with Crippen molar-refractivity contribution in [1.29, 1.82) is 0 Å². The first kappa shape index (κ1) is 21.2. The summed E-state index contributed by atoms with van der Waals surface area (Å²) in [5.74, 6) is 0.327. The summed E-state index contributed by atoms with van der Waals surface area (Å²) in [7, 11) is 1.58. The van der Waals surface area contributed by atoms with Crippen LogP contribution in [0.2, 0.25) is 5.02 Å². The Morgan fingerprint density at radius 2 is 1.94 bits per heavy atom. The lowest BCUT2D eigenvalue weighted by molar-refractivity contribution is -0.138. The lowest BCUT2D eigenvalue weighted by Gasteiger charge is -2.38. The van der Waals surface area contributed by atoms with Crippen molar-refractivity contribution in [3.05, 3.63) is 64.7 Å². The zero-order chi connectivity index (χ0) is 22.0. The second-order valence-corrected chi connectivity index (χ2v) is 8.41. The Bertz CT molecular complexity index is 1010. The van der Waals surface area contributed by atoms with E-state index in [2.05, 4.69) is 5.32 Å². The number of likely N-dealkylation sites (tertiary alicyclic amines) is 1. The average Bonchev–Trinajstić information content (AvgIpc) is 2.99. The molecule has 2 aromatic carbocycles. The molecule has 7 nitrogen and oxygen atoms in total. The second-order valence-electron chi connectivity index (χ2n) is 7.98. The number of hydrogen-bond donors (Lipinski definition) is 1. The number of methoxy groups -OCH3 is 1. The summed E-state index contributed by atoms with van der Waals surface area (Å²) in [5, 5.41) is 3.46. The maximum Gasteiger partial charge on any atom is 0.325 e. The summed E-state index contributed by atoms with van der Waals surface area (Å²) in [6.07, 6.45) is 1.37. The molecule has 2 saturated heterocycles. The van der Waals surface area contributed by atoms with E-state index in [4.69, 9.17) is 16.3 Å². The van der Waals surface area contributed by atoms with Gasteiger partial charge in [-0.2, -0.15) is 0 Å². The highest BCUT2D eigenvalue weighted by molar-refractivity contribution is 6.30. The SMILES string of the molecule is COc1cccc(CC(=O)N2CCC[C@@]3(C2)NC(=O)N(Cc2ccc(Cl)cc2)C3=O)c1. The number of ether oxygens (including phenoxy) is 1. The molecule has 2 aliphatic rings. The molecule has 31 heavy (non-hydrogen) atoms. The number of benzene rings is 2. The van der Waals surface area contributed by atoms with Gasteiger partial charge in [0, 0.05) is 11.6 Å². The predicted molar refractivity (Wildman–Crippen MR) is 116 cm³/mol. The number of urea groups is 1. The molecule has 2 fully saturated rings. The Labute approximate surface area is 185 Å². The highest BCUT2D eigenvalue weighted by Crippen LogP contribution is 2.30. The van der Waals surface area contributed by atoms with Gasteiger partial charge in [-0.25, -0.2) is 4.79 Å². The molecule has 0 unspecified atom stereocenters. The molecule has 8 heteroatoms. The lowest BCUT2D eigenvalue weighted by atomic mass is 9.88. The van der Waals surface area contributed by atoms with Gasteiger partial charge in [-0.05, 0) is 48.2 Å². The van der Waals surface area contributed by atoms with Crippen molar-refractivity contribution in [2.24, 2.45) is 0 Å². The smallest absolute Gasteiger partial charge is 0.325 e. The van der Waals surface area contributed by atoms with Gasteiger partial charge in [0.2, 0.25) is 5.91 Å². The van der Waals surface area contributed by atoms with Crippen molar-refractivity contribution in [3.63, 3.8) is 0 Å². The first-order valence-electron chi connectivity index (χ1n) is 10.2. The molecule has 162 valence electrons. The van der Waals surface area contributed by atoms with E-state index in [1.165, 1.54) is 4.90 Å². The van der Waals surface area contributed by atoms with Gasteiger partial charge in [0.15, 0.2) is 0 Å². The fourth-order valence-corrected chi connectivity index (χ4v) is 4.33. The Kier molecular flexibility index (Phi) is 5.87. The molecule has 2 aromatic rings. The minimum absolute atomic E-state index is 0.0782. The van der Waals surface area contributed by atoms with E-state index in [1.54, 1.807) is 36.3 Å². The van der Waals surface area contributed by atoms with Crippen molar-refractivity contribution < 1.29 is 19.1 Å². The minimum atomic E-state index is -1.06. The van der Waals surface area contributed by atoms with Crippen molar-refractivity contribution in [2.75, 3.05) is 20.2 Å². The number of halogens is 1. The van der Waals surface area contributed by atoms with Crippen LogP contribution in [0.3, 0.4) is 0 Å². The molecule has 1 N–H and O–H groups in total. The number of piperidine rings is 1. The van der Waals surface area contributed by atoms with Crippen LogP contribution in [0, 0.1) is 0 Å². The number of imide groups is 1. The number of carbonyl (C=O) groups is 3. The summed E-state index contributed by atoms with van der Waals surface area (Å²) in [6.45, 7) is 0.906. The first-order valence-corrected chi connectivity index (χ1v) is 10.6. The van der Waals surface area contributed by atoms with Gasteiger partial charge in [0.25, 0.3) is 5.91 Å². The monoisotopic (exact) mass is 441 g/mol. The molecule has 0 aromatic heterocycles. The quantitative estimate of drug-likeness (QED) is 0.723. The standard InChI is InChI=1S/C23H24ClN3O4/c1-31-19-5-2-4-17(12-19)13-20(28)26-11-3-10-23(15-26)21(29)27(22(30)25-23)14-16-6-8-18(24)9-7-16/h2,4-9,12H,3,10-11,13-15H2,1H3,(H,25,30)/t23-/m0/s1. The van der Waals surface area contributed by atoms with E-state index in [1.807, 2.05) is 24.3 Å². The van der Waals surface area contributed by atoms with Crippen LogP contribution in [0.1, 0.15) is 24.0 Å². The number of nitrogens with one attached hydrogen (secondary N) is 1. The third-order valence-electron chi connectivity index (χ3n) is 5.83. The summed E-state index contributed by atoms with van der Waals surface area (Å²) >= 11 is 5.92. The maximum atomic E-state index is 13.2. The van der Waals surface area contributed by atoms with E-state index in [0.29, 0.717) is 30.2 Å². The fourth-order valence-electron chi connectivity index (χ4n) is 4.21. The number of amides is 4. The van der Waals surface area contributed by atoms with Gasteiger partial charge in [0.1, 0.15) is 11.3 Å². The maximum absolute atomic E-state index is 13.2. The molecule has 4 amide bonds. The van der Waals surface area contributed by atoms with Gasteiger partial charge < -0.3 is 15.0 Å². The number of carbonyl (C=O) groups excluding carboxylic acids is 3. The predicted octanol–water partition coefficient (Wildman–Crippen LogP) is 3.00. The van der Waals surface area contributed by atoms with Crippen LogP contribution < -0.4 is 10.1 Å². The number of nitrogens with zero attached hydrogens (tertiary/aromatic N) is 2. The third kappa shape index (κ3) is 4.37. The Morgan fingerprint density at radius 3 is 2.68 bits per heavy atom. The zero-order valence-electron chi connectivity index (χ0n) is 17.3. The highest BCUT2D eigenvalue weighted by Gasteiger charge is 2.53. The fraction of sp³-hybridized carbons (Fsp3) is 0.348. The van der Waals surface area contributed by atoms with E-state index in [9.17, 15) is 14.4 Å². The van der Waals surface area contributed by atoms with Gasteiger partial charge in [-0.1, -0.05) is 35.9 Å². The van der Waals surface area contributed by atoms with Gasteiger partial charge in [0.05, 0.1) is 26.6 Å². The van der Waals surface area contributed by atoms with Crippen LogP contribution in [0.5, 0.6) is 5.75 Å². The topological polar surface area (TPSA) is 79.0 Å². The van der Waals surface area contributed by atoms with Crippen molar-refractivity contribution in [3.8, 4) is 5.75 Å². The Hall–Kier alpha value is -3.06. The summed E-state index contributed by atoms with van der Waals surface area (Å²) in [5.41, 5.74) is 0.591. The Balaban J connectivity index is 1.46. The molecular formula is C23H24ClN3O4. The number of rotatable bonds is 5. The molecule has 2 aliphatic heterocycles. The normalized spacial score (nSPS) is 20.8. The summed E-state index contributed by atoms with van der Waals surface area (Å²) in [6, 6.07) is 14.0. The minimum Gasteiger partial charge on any atom is -0.497 e.